The summed E-state index contributed by atoms with van der Waals surface area (Å²) in [6, 6.07) is 10.0. The van der Waals surface area contributed by atoms with E-state index in [2.05, 4.69) is 21.7 Å². The van der Waals surface area contributed by atoms with E-state index in [1.165, 1.54) is 6.92 Å². The number of amides is 1. The van der Waals surface area contributed by atoms with Gasteiger partial charge in [-0.1, -0.05) is 11.6 Å². The van der Waals surface area contributed by atoms with Gasteiger partial charge in [0.2, 0.25) is 5.91 Å². The number of carbonyl (C=O) groups excluding carboxylic acids is 1. The molecule has 0 radical (unpaired) electrons. The normalized spacial score (nSPS) is 12.9. The number of nitrogens with one attached hydrogen (secondary N) is 3. The summed E-state index contributed by atoms with van der Waals surface area (Å²) in [7, 11) is 0. The number of nitrogens with zero attached hydrogens (tertiary/aromatic N) is 1. The quantitative estimate of drug-likeness (QED) is 0.683. The van der Waals surface area contributed by atoms with Gasteiger partial charge in [-0.15, -0.1) is 0 Å². The van der Waals surface area contributed by atoms with Gasteiger partial charge in [0.15, 0.2) is 0 Å². The number of hydrogen-bond acceptors (Lipinski definition) is 3. The highest BCUT2D eigenvalue weighted by Crippen LogP contribution is 2.33. The Hall–Kier alpha value is -2.53. The summed E-state index contributed by atoms with van der Waals surface area (Å²) >= 11 is 6.49. The third kappa shape index (κ3) is 2.71. The second-order valence-electron chi connectivity index (χ2n) is 5.99. The molecule has 0 unspecified atom stereocenters. The van der Waals surface area contributed by atoms with Crippen molar-refractivity contribution < 1.29 is 4.79 Å². The SMILES string of the molecule is CC(=O)NCc1cc2cc(Cl)c(-c3ccc4c(n3)CCN4)cc2[nH]1. The standard InChI is InChI=1S/C18H17ClN4O/c1-10(24)21-9-12-6-11-7-14(19)13(8-18(11)22-12)15-2-3-16-17(23-15)4-5-20-16/h2-3,6-8,20,22H,4-5,9H2,1H3,(H,21,24). The smallest absolute Gasteiger partial charge is 0.217 e. The van der Waals surface area contributed by atoms with Crippen LogP contribution < -0.4 is 10.6 Å². The van der Waals surface area contributed by atoms with Crippen LogP contribution in [0.5, 0.6) is 0 Å². The Balaban J connectivity index is 1.73. The van der Waals surface area contributed by atoms with Gasteiger partial charge in [0.25, 0.3) is 0 Å². The van der Waals surface area contributed by atoms with Gasteiger partial charge in [0.05, 0.1) is 28.6 Å². The van der Waals surface area contributed by atoms with E-state index in [9.17, 15) is 4.79 Å². The van der Waals surface area contributed by atoms with Crippen LogP contribution in [0.1, 0.15) is 18.3 Å². The zero-order valence-corrected chi connectivity index (χ0v) is 14.0. The molecule has 3 heterocycles. The van der Waals surface area contributed by atoms with Crippen LogP contribution in [0.15, 0.2) is 30.3 Å². The molecule has 0 saturated heterocycles. The number of anilines is 1. The van der Waals surface area contributed by atoms with Gasteiger partial charge >= 0.3 is 0 Å². The molecule has 1 aliphatic heterocycles. The van der Waals surface area contributed by atoms with Gasteiger partial charge in [0.1, 0.15) is 0 Å². The molecule has 0 aliphatic carbocycles. The van der Waals surface area contributed by atoms with Crippen molar-refractivity contribution >= 4 is 34.1 Å². The molecule has 0 saturated carbocycles. The van der Waals surface area contributed by atoms with Gasteiger partial charge in [-0.05, 0) is 30.3 Å². The molecular weight excluding hydrogens is 324 g/mol. The number of pyridine rings is 1. The largest absolute Gasteiger partial charge is 0.383 e. The third-order valence-corrected chi connectivity index (χ3v) is 4.53. The van der Waals surface area contributed by atoms with Crippen LogP contribution in [0.25, 0.3) is 22.2 Å². The summed E-state index contributed by atoms with van der Waals surface area (Å²) in [4.78, 5) is 19.1. The van der Waals surface area contributed by atoms with Gasteiger partial charge in [-0.3, -0.25) is 9.78 Å². The summed E-state index contributed by atoms with van der Waals surface area (Å²) in [5, 5.41) is 7.80. The molecule has 122 valence electrons. The summed E-state index contributed by atoms with van der Waals surface area (Å²) in [5.41, 5.74) is 5.90. The highest BCUT2D eigenvalue weighted by molar-refractivity contribution is 6.34. The number of aromatic amines is 1. The van der Waals surface area contributed by atoms with Crippen LogP contribution in [0.3, 0.4) is 0 Å². The summed E-state index contributed by atoms with van der Waals surface area (Å²) in [6.45, 7) is 2.91. The average molecular weight is 341 g/mol. The van der Waals surface area contributed by atoms with Gasteiger partial charge in [-0.2, -0.15) is 0 Å². The summed E-state index contributed by atoms with van der Waals surface area (Å²) in [5.74, 6) is -0.0525. The van der Waals surface area contributed by atoms with Crippen molar-refractivity contribution in [2.24, 2.45) is 0 Å². The fraction of sp³-hybridized carbons (Fsp3) is 0.222. The number of carbonyl (C=O) groups is 1. The van der Waals surface area contributed by atoms with Crippen LogP contribution in [-0.2, 0) is 17.8 Å². The number of fused-ring (bicyclic) bond motifs is 2. The van der Waals surface area contributed by atoms with Crippen molar-refractivity contribution in [3.05, 3.63) is 46.7 Å². The number of benzene rings is 1. The van der Waals surface area contributed by atoms with Crippen LogP contribution in [0.4, 0.5) is 5.69 Å². The second-order valence-corrected chi connectivity index (χ2v) is 6.40. The average Bonchev–Trinajstić information content (AvgIpc) is 3.17. The number of aromatic nitrogens is 2. The van der Waals surface area contributed by atoms with Gasteiger partial charge in [0, 0.05) is 42.0 Å². The number of hydrogen-bond donors (Lipinski definition) is 3. The second kappa shape index (κ2) is 5.83. The molecule has 1 amide bonds. The lowest BCUT2D eigenvalue weighted by Gasteiger charge is -2.07. The predicted molar refractivity (Wildman–Crippen MR) is 96.3 cm³/mol. The summed E-state index contributed by atoms with van der Waals surface area (Å²) < 4.78 is 0. The van der Waals surface area contributed by atoms with E-state index in [0.717, 1.165) is 52.2 Å². The fourth-order valence-corrected chi connectivity index (χ4v) is 3.31. The monoisotopic (exact) mass is 340 g/mol. The molecule has 3 N–H and O–H groups in total. The number of H-pyrrole nitrogens is 1. The van der Waals surface area contributed by atoms with Crippen LogP contribution in [-0.4, -0.2) is 22.4 Å². The van der Waals surface area contributed by atoms with Crippen molar-refractivity contribution in [2.75, 3.05) is 11.9 Å². The lowest BCUT2D eigenvalue weighted by Crippen LogP contribution is -2.18. The van der Waals surface area contributed by atoms with Crippen molar-refractivity contribution in [1.82, 2.24) is 15.3 Å². The molecule has 1 aromatic carbocycles. The highest BCUT2D eigenvalue weighted by atomic mass is 35.5. The Morgan fingerprint density at radius 3 is 3.04 bits per heavy atom. The molecule has 5 nitrogen and oxygen atoms in total. The third-order valence-electron chi connectivity index (χ3n) is 4.22. The van der Waals surface area contributed by atoms with Crippen molar-refractivity contribution in [3.8, 4) is 11.3 Å². The Kier molecular flexibility index (Phi) is 3.65. The van der Waals surface area contributed by atoms with Gasteiger partial charge < -0.3 is 15.6 Å². The molecule has 0 spiro atoms. The zero-order chi connectivity index (χ0) is 16.7. The lowest BCUT2D eigenvalue weighted by atomic mass is 10.1. The predicted octanol–water partition coefficient (Wildman–Crippen LogP) is 3.49. The van der Waals surface area contributed by atoms with E-state index in [-0.39, 0.29) is 5.91 Å². The first kappa shape index (κ1) is 15.0. The Labute approximate surface area is 144 Å². The van der Waals surface area contributed by atoms with E-state index >= 15 is 0 Å². The van der Waals surface area contributed by atoms with Crippen molar-refractivity contribution in [3.63, 3.8) is 0 Å². The van der Waals surface area contributed by atoms with E-state index in [1.807, 2.05) is 24.3 Å². The van der Waals surface area contributed by atoms with Crippen LogP contribution >= 0.6 is 11.6 Å². The topological polar surface area (TPSA) is 69.8 Å². The minimum atomic E-state index is -0.0525. The highest BCUT2D eigenvalue weighted by Gasteiger charge is 2.15. The van der Waals surface area contributed by atoms with Gasteiger partial charge in [-0.25, -0.2) is 0 Å². The van der Waals surface area contributed by atoms with Crippen LogP contribution in [0, 0.1) is 0 Å². The maximum atomic E-state index is 11.1. The van der Waals surface area contributed by atoms with Crippen molar-refractivity contribution in [2.45, 2.75) is 19.9 Å². The summed E-state index contributed by atoms with van der Waals surface area (Å²) in [6.07, 6.45) is 0.937. The molecule has 0 fully saturated rings. The molecule has 3 aromatic rings. The fourth-order valence-electron chi connectivity index (χ4n) is 3.04. The first-order valence-electron chi connectivity index (χ1n) is 7.90. The minimum absolute atomic E-state index is 0.0525. The Morgan fingerprint density at radius 2 is 2.21 bits per heavy atom. The molecule has 1 aliphatic rings. The molecule has 2 aromatic heterocycles. The Bertz CT molecular complexity index is 948. The van der Waals surface area contributed by atoms with E-state index in [1.54, 1.807) is 0 Å². The lowest BCUT2D eigenvalue weighted by molar-refractivity contribution is -0.119. The molecule has 4 rings (SSSR count). The maximum Gasteiger partial charge on any atom is 0.217 e. The molecule has 0 atom stereocenters. The Morgan fingerprint density at radius 1 is 1.33 bits per heavy atom. The van der Waals surface area contributed by atoms with Crippen molar-refractivity contribution in [1.29, 1.82) is 0 Å². The molecular formula is C18H17ClN4O. The maximum absolute atomic E-state index is 11.1. The zero-order valence-electron chi connectivity index (χ0n) is 13.2. The van der Waals surface area contributed by atoms with E-state index < -0.39 is 0 Å². The molecule has 24 heavy (non-hydrogen) atoms. The first-order valence-corrected chi connectivity index (χ1v) is 8.28. The first-order chi connectivity index (χ1) is 11.6. The van der Waals surface area contributed by atoms with Crippen LogP contribution in [0.2, 0.25) is 5.02 Å². The van der Waals surface area contributed by atoms with E-state index in [4.69, 9.17) is 16.6 Å². The molecule has 6 heteroatoms. The minimum Gasteiger partial charge on any atom is -0.383 e. The molecule has 0 bridgehead atoms. The number of rotatable bonds is 3. The number of halogens is 1. The van der Waals surface area contributed by atoms with E-state index in [0.29, 0.717) is 11.6 Å².